The van der Waals surface area contributed by atoms with Crippen LogP contribution in [0.25, 0.3) is 0 Å². The Bertz CT molecular complexity index is 472. The highest BCUT2D eigenvalue weighted by Gasteiger charge is 2.37. The third kappa shape index (κ3) is 8.08. The van der Waals surface area contributed by atoms with Crippen LogP contribution in [0.15, 0.2) is 0 Å². The molecule has 1 aliphatic carbocycles. The first-order valence-electron chi connectivity index (χ1n) is 8.90. The summed E-state index contributed by atoms with van der Waals surface area (Å²) >= 11 is 6.45. The lowest BCUT2D eigenvalue weighted by molar-refractivity contribution is -0.156. The molecule has 25 heavy (non-hydrogen) atoms. The molecule has 0 aromatic heterocycles. The molecule has 0 aromatic carbocycles. The Balaban J connectivity index is 0.000000504. The summed E-state index contributed by atoms with van der Waals surface area (Å²) in [6.45, 7) is 5.76. The van der Waals surface area contributed by atoms with Crippen LogP contribution in [-0.4, -0.2) is 31.8 Å². The van der Waals surface area contributed by atoms with Gasteiger partial charge in [-0.2, -0.15) is 5.26 Å². The molecule has 1 saturated carbocycles. The van der Waals surface area contributed by atoms with Gasteiger partial charge in [-0.25, -0.2) is 0 Å². The van der Waals surface area contributed by atoms with Crippen molar-refractivity contribution in [1.29, 1.82) is 5.26 Å². The van der Waals surface area contributed by atoms with Crippen molar-refractivity contribution >= 4 is 43.8 Å². The van der Waals surface area contributed by atoms with Crippen LogP contribution in [0.1, 0.15) is 78.6 Å². The minimum atomic E-state index is -0.851. The second kappa shape index (κ2) is 11.9. The van der Waals surface area contributed by atoms with Crippen molar-refractivity contribution < 1.29 is 19.4 Å². The molecule has 0 saturated heterocycles. The average Bonchev–Trinajstić information content (AvgIpc) is 2.62. The van der Waals surface area contributed by atoms with Gasteiger partial charge >= 0.3 is 11.9 Å². The second-order valence-corrected chi connectivity index (χ2v) is 8.96. The van der Waals surface area contributed by atoms with Crippen LogP contribution in [0.2, 0.25) is 0 Å². The molecule has 1 rings (SSSR count). The Labute approximate surface area is 167 Å². The zero-order chi connectivity index (χ0) is 19.5. The Kier molecular flexibility index (Phi) is 11.6. The molecule has 144 valence electrons. The highest BCUT2D eigenvalue weighted by molar-refractivity contribution is 9.10. The van der Waals surface area contributed by atoms with Gasteiger partial charge in [-0.05, 0) is 32.1 Å². The molecule has 1 N–H and O–H groups in total. The fraction of sp³-hybridized carbons (Fsp3) is 0.833. The number of carboxylic acids is 1. The zero-order valence-electron chi connectivity index (χ0n) is 15.3. The largest absolute Gasteiger partial charge is 0.480 e. The highest BCUT2D eigenvalue weighted by atomic mass is 79.9. The number of ether oxygens (including phenoxy) is 1. The Morgan fingerprint density at radius 3 is 2.16 bits per heavy atom. The van der Waals surface area contributed by atoms with Gasteiger partial charge in [-0.1, -0.05) is 65.5 Å². The van der Waals surface area contributed by atoms with Crippen molar-refractivity contribution in [2.45, 2.75) is 93.3 Å². The summed E-state index contributed by atoms with van der Waals surface area (Å²) in [4.78, 5) is 21.9. The lowest BCUT2D eigenvalue weighted by Gasteiger charge is -2.30. The number of carboxylic acid groups (broad SMARTS) is 1. The monoisotopic (exact) mass is 481 g/mol. The van der Waals surface area contributed by atoms with Crippen molar-refractivity contribution in [2.75, 3.05) is 0 Å². The van der Waals surface area contributed by atoms with Crippen molar-refractivity contribution in [2.24, 2.45) is 0 Å². The lowest BCUT2D eigenvalue weighted by atomic mass is 9.86. The van der Waals surface area contributed by atoms with E-state index < -0.39 is 15.9 Å². The minimum Gasteiger partial charge on any atom is -0.480 e. The maximum Gasteiger partial charge on any atom is 0.321 e. The Morgan fingerprint density at radius 1 is 1.28 bits per heavy atom. The first kappa shape index (κ1) is 24.4. The molecule has 0 aliphatic heterocycles. The first-order chi connectivity index (χ1) is 11.7. The number of halogens is 2. The summed E-state index contributed by atoms with van der Waals surface area (Å²) in [6, 6.07) is 2.16. The minimum absolute atomic E-state index is 0.287. The van der Waals surface area contributed by atoms with Gasteiger partial charge in [-0.3, -0.25) is 9.59 Å². The van der Waals surface area contributed by atoms with E-state index in [1.54, 1.807) is 0 Å². The van der Waals surface area contributed by atoms with Crippen molar-refractivity contribution in [3.05, 3.63) is 0 Å². The molecule has 0 spiro atoms. The van der Waals surface area contributed by atoms with Crippen LogP contribution in [0.3, 0.4) is 0 Å². The molecule has 5 nitrogen and oxygen atoms in total. The molecule has 0 radical (unpaired) electrons. The third-order valence-corrected chi connectivity index (χ3v) is 6.68. The van der Waals surface area contributed by atoms with Crippen LogP contribution in [0.5, 0.6) is 0 Å². The fourth-order valence-corrected chi connectivity index (χ4v) is 3.10. The number of esters is 1. The molecule has 0 heterocycles. The van der Waals surface area contributed by atoms with E-state index >= 15 is 0 Å². The van der Waals surface area contributed by atoms with E-state index in [9.17, 15) is 9.59 Å². The summed E-state index contributed by atoms with van der Waals surface area (Å²) in [5, 5.41) is 17.8. The maximum absolute atomic E-state index is 11.6. The number of nitrogens with zero attached hydrogens (tertiary/aromatic N) is 1. The molecular formula is C18H29Br2NO4. The van der Waals surface area contributed by atoms with Crippen LogP contribution < -0.4 is 0 Å². The molecule has 0 bridgehead atoms. The van der Waals surface area contributed by atoms with Gasteiger partial charge in [0.15, 0.2) is 5.60 Å². The number of aliphatic carboxylic acids is 1. The number of rotatable bonds is 7. The quantitative estimate of drug-likeness (QED) is 0.390. The topological polar surface area (TPSA) is 87.4 Å². The summed E-state index contributed by atoms with van der Waals surface area (Å²) < 4.78 is 4.66. The van der Waals surface area contributed by atoms with Gasteiger partial charge < -0.3 is 9.84 Å². The van der Waals surface area contributed by atoms with Crippen molar-refractivity contribution in [1.82, 2.24) is 0 Å². The maximum atomic E-state index is 11.6. The van der Waals surface area contributed by atoms with Crippen LogP contribution in [-0.2, 0) is 14.3 Å². The average molecular weight is 483 g/mol. The molecule has 1 aliphatic rings. The third-order valence-electron chi connectivity index (χ3n) is 4.37. The molecule has 2 atom stereocenters. The summed E-state index contributed by atoms with van der Waals surface area (Å²) in [6.07, 6.45) is 7.34. The molecular weight excluding hydrogens is 454 g/mol. The lowest BCUT2D eigenvalue weighted by Crippen LogP contribution is -2.37. The van der Waals surface area contributed by atoms with E-state index in [2.05, 4.69) is 37.9 Å². The molecule has 2 unspecified atom stereocenters. The standard InChI is InChI=1S/C11H16BrNO2.C7H13BrO2/c1-2-9(12)10(14)15-11(8-13)6-4-3-5-7-11;1-3-5-7(8,4-2)6(9)10/h9H,2-7H2,1H3;3-5H2,1-2H3,(H,9,10). The van der Waals surface area contributed by atoms with Gasteiger partial charge in [0.1, 0.15) is 15.2 Å². The van der Waals surface area contributed by atoms with Crippen molar-refractivity contribution in [3.63, 3.8) is 0 Å². The SMILES string of the molecule is CCC(Br)C(=O)OC1(C#N)CCCCC1.CCCC(Br)(CC)C(=O)O. The van der Waals surface area contributed by atoms with Crippen LogP contribution >= 0.6 is 31.9 Å². The number of nitriles is 1. The van der Waals surface area contributed by atoms with Gasteiger partial charge in [-0.15, -0.1) is 0 Å². The van der Waals surface area contributed by atoms with Gasteiger partial charge in [0.05, 0.1) is 0 Å². The zero-order valence-corrected chi connectivity index (χ0v) is 18.5. The summed E-state index contributed by atoms with van der Waals surface area (Å²) in [7, 11) is 0. The number of alkyl halides is 2. The van der Waals surface area contributed by atoms with Gasteiger partial charge in [0.25, 0.3) is 0 Å². The van der Waals surface area contributed by atoms with E-state index in [-0.39, 0.29) is 10.8 Å². The molecule has 0 amide bonds. The van der Waals surface area contributed by atoms with E-state index in [1.807, 2.05) is 20.8 Å². The highest BCUT2D eigenvalue weighted by Crippen LogP contribution is 2.32. The van der Waals surface area contributed by atoms with E-state index in [4.69, 9.17) is 15.1 Å². The molecule has 0 aromatic rings. The number of carbonyl (C=O) groups excluding carboxylic acids is 1. The van der Waals surface area contributed by atoms with E-state index in [1.165, 1.54) is 0 Å². The van der Waals surface area contributed by atoms with Crippen LogP contribution in [0.4, 0.5) is 0 Å². The fourth-order valence-electron chi connectivity index (χ4n) is 2.61. The molecule has 1 fully saturated rings. The van der Waals surface area contributed by atoms with Crippen LogP contribution in [0, 0.1) is 11.3 Å². The Hall–Kier alpha value is -0.610. The van der Waals surface area contributed by atoms with Gasteiger partial charge in [0, 0.05) is 12.8 Å². The number of carbonyl (C=O) groups is 2. The predicted octanol–water partition coefficient (Wildman–Crippen LogP) is 5.34. The number of hydrogen-bond acceptors (Lipinski definition) is 4. The second-order valence-electron chi connectivity index (χ2n) is 6.34. The predicted molar refractivity (Wildman–Crippen MR) is 105 cm³/mol. The summed E-state index contributed by atoms with van der Waals surface area (Å²) in [5.74, 6) is -1.06. The van der Waals surface area contributed by atoms with Gasteiger partial charge in [0.2, 0.25) is 0 Å². The van der Waals surface area contributed by atoms with E-state index in [0.29, 0.717) is 32.1 Å². The molecule has 7 heteroatoms. The normalized spacial score (nSPS) is 19.4. The smallest absolute Gasteiger partial charge is 0.321 e. The van der Waals surface area contributed by atoms with E-state index in [0.717, 1.165) is 25.7 Å². The van der Waals surface area contributed by atoms with Crippen molar-refractivity contribution in [3.8, 4) is 6.07 Å². The first-order valence-corrected chi connectivity index (χ1v) is 10.6. The Morgan fingerprint density at radius 2 is 1.84 bits per heavy atom. The summed E-state index contributed by atoms with van der Waals surface area (Å²) in [5.41, 5.74) is -0.851. The number of hydrogen-bond donors (Lipinski definition) is 1.